The Morgan fingerprint density at radius 1 is 1.08 bits per heavy atom. The Bertz CT molecular complexity index is 916. The topological polar surface area (TPSA) is 68.3 Å². The first-order valence-corrected chi connectivity index (χ1v) is 8.47. The fourth-order valence-corrected chi connectivity index (χ4v) is 2.99. The first kappa shape index (κ1) is 16.9. The van der Waals surface area contributed by atoms with Gasteiger partial charge in [-0.15, -0.1) is 11.3 Å². The average Bonchev–Trinajstić information content (AvgIpc) is 3.10. The molecule has 0 atom stereocenters. The highest BCUT2D eigenvalue weighted by Crippen LogP contribution is 2.27. The van der Waals surface area contributed by atoms with Gasteiger partial charge in [-0.3, -0.25) is 14.9 Å². The van der Waals surface area contributed by atoms with Crippen molar-refractivity contribution in [1.29, 1.82) is 0 Å². The zero-order valence-corrected chi connectivity index (χ0v) is 14.6. The van der Waals surface area contributed by atoms with Crippen molar-refractivity contribution in [3.05, 3.63) is 65.0 Å². The third-order valence-electron chi connectivity index (χ3n) is 3.64. The Morgan fingerprint density at radius 3 is 2.48 bits per heavy atom. The third-order valence-corrected chi connectivity index (χ3v) is 4.40. The summed E-state index contributed by atoms with van der Waals surface area (Å²) in [5.41, 5.74) is 2.74. The number of nitrogens with zero attached hydrogens (tertiary/aromatic N) is 1. The summed E-state index contributed by atoms with van der Waals surface area (Å²) < 4.78 is 5.21. The smallest absolute Gasteiger partial charge is 0.257 e. The second kappa shape index (κ2) is 7.27. The number of anilines is 1. The van der Waals surface area contributed by atoms with Crippen molar-refractivity contribution in [3.8, 4) is 17.0 Å². The third kappa shape index (κ3) is 3.92. The van der Waals surface area contributed by atoms with Crippen molar-refractivity contribution in [2.24, 2.45) is 0 Å². The number of thiazole rings is 1. The lowest BCUT2D eigenvalue weighted by molar-refractivity contribution is 0.100. The molecule has 0 bridgehead atoms. The van der Waals surface area contributed by atoms with Gasteiger partial charge >= 0.3 is 0 Å². The quantitative estimate of drug-likeness (QED) is 0.696. The molecule has 1 N–H and O–H groups in total. The summed E-state index contributed by atoms with van der Waals surface area (Å²) in [5, 5.41) is 5.17. The van der Waals surface area contributed by atoms with Gasteiger partial charge in [-0.2, -0.15) is 0 Å². The van der Waals surface area contributed by atoms with E-state index >= 15 is 0 Å². The molecule has 1 amide bonds. The zero-order chi connectivity index (χ0) is 17.8. The van der Waals surface area contributed by atoms with E-state index < -0.39 is 0 Å². The predicted octanol–water partition coefficient (Wildman–Crippen LogP) is 4.27. The van der Waals surface area contributed by atoms with E-state index in [2.05, 4.69) is 10.3 Å². The number of carbonyl (C=O) groups is 2. The van der Waals surface area contributed by atoms with E-state index in [1.807, 2.05) is 29.6 Å². The standard InChI is InChI=1S/C19H16N2O3S/c1-12(22)13-6-8-14(9-7-13)18(23)21-19-20-17(11-25-19)15-4-3-5-16(10-15)24-2/h3-11H,1-2H3,(H,20,21,23). The highest BCUT2D eigenvalue weighted by atomic mass is 32.1. The number of ether oxygens (including phenoxy) is 1. The molecule has 0 radical (unpaired) electrons. The maximum Gasteiger partial charge on any atom is 0.257 e. The van der Waals surface area contributed by atoms with Crippen LogP contribution in [-0.4, -0.2) is 23.8 Å². The Labute approximate surface area is 149 Å². The summed E-state index contributed by atoms with van der Waals surface area (Å²) in [6.07, 6.45) is 0. The molecule has 0 unspecified atom stereocenters. The molecule has 5 nitrogen and oxygen atoms in total. The molecule has 3 rings (SSSR count). The number of amides is 1. The molecule has 1 heterocycles. The summed E-state index contributed by atoms with van der Waals surface area (Å²) >= 11 is 1.35. The van der Waals surface area contributed by atoms with Crippen molar-refractivity contribution in [2.45, 2.75) is 6.92 Å². The van der Waals surface area contributed by atoms with Gasteiger partial charge in [0.1, 0.15) is 5.75 Å². The summed E-state index contributed by atoms with van der Waals surface area (Å²) in [6.45, 7) is 1.49. The molecular weight excluding hydrogens is 336 g/mol. The SMILES string of the molecule is COc1cccc(-c2csc(NC(=O)c3ccc(C(C)=O)cc3)n2)c1. The number of aromatic nitrogens is 1. The van der Waals surface area contributed by atoms with Gasteiger partial charge in [0, 0.05) is 22.1 Å². The molecule has 0 aliphatic carbocycles. The number of nitrogens with one attached hydrogen (secondary N) is 1. The van der Waals surface area contributed by atoms with Crippen LogP contribution >= 0.6 is 11.3 Å². The number of Topliss-reactive ketones (excluding diaryl/α,β-unsaturated/α-hetero) is 1. The molecule has 0 saturated carbocycles. The van der Waals surface area contributed by atoms with Crippen LogP contribution in [0.25, 0.3) is 11.3 Å². The van der Waals surface area contributed by atoms with Gasteiger partial charge in [0.25, 0.3) is 5.91 Å². The van der Waals surface area contributed by atoms with Gasteiger partial charge in [-0.1, -0.05) is 24.3 Å². The maximum atomic E-state index is 12.3. The van der Waals surface area contributed by atoms with Gasteiger partial charge in [0.05, 0.1) is 12.8 Å². The minimum atomic E-state index is -0.262. The predicted molar refractivity (Wildman–Crippen MR) is 98.5 cm³/mol. The molecule has 0 saturated heterocycles. The molecule has 2 aromatic carbocycles. The molecule has 126 valence electrons. The van der Waals surface area contributed by atoms with Crippen LogP contribution in [0.2, 0.25) is 0 Å². The second-order valence-corrected chi connectivity index (χ2v) is 6.22. The second-order valence-electron chi connectivity index (χ2n) is 5.36. The van der Waals surface area contributed by atoms with Crippen molar-refractivity contribution in [2.75, 3.05) is 12.4 Å². The molecule has 0 spiro atoms. The molecule has 3 aromatic rings. The largest absolute Gasteiger partial charge is 0.497 e. The molecule has 25 heavy (non-hydrogen) atoms. The lowest BCUT2D eigenvalue weighted by atomic mass is 10.1. The molecular formula is C19H16N2O3S. The molecule has 0 fully saturated rings. The Morgan fingerprint density at radius 2 is 1.80 bits per heavy atom. The van der Waals surface area contributed by atoms with Crippen LogP contribution in [0.4, 0.5) is 5.13 Å². The van der Waals surface area contributed by atoms with Crippen LogP contribution < -0.4 is 10.1 Å². The van der Waals surface area contributed by atoms with Crippen LogP contribution in [0, 0.1) is 0 Å². The van der Waals surface area contributed by atoms with E-state index in [-0.39, 0.29) is 11.7 Å². The lowest BCUT2D eigenvalue weighted by Crippen LogP contribution is -2.11. The Hall–Kier alpha value is -2.99. The van der Waals surface area contributed by atoms with Crippen LogP contribution in [0.5, 0.6) is 5.75 Å². The zero-order valence-electron chi connectivity index (χ0n) is 13.8. The molecule has 0 aliphatic heterocycles. The molecule has 1 aromatic heterocycles. The minimum absolute atomic E-state index is 0.0326. The van der Waals surface area contributed by atoms with Gasteiger partial charge in [-0.05, 0) is 31.2 Å². The first-order chi connectivity index (χ1) is 12.1. The van der Waals surface area contributed by atoms with Crippen molar-refractivity contribution in [1.82, 2.24) is 4.98 Å². The van der Waals surface area contributed by atoms with E-state index in [1.54, 1.807) is 31.4 Å². The first-order valence-electron chi connectivity index (χ1n) is 7.59. The number of hydrogen-bond donors (Lipinski definition) is 1. The van der Waals surface area contributed by atoms with E-state index in [0.29, 0.717) is 16.3 Å². The fraction of sp³-hybridized carbons (Fsp3) is 0.105. The number of hydrogen-bond acceptors (Lipinski definition) is 5. The van der Waals surface area contributed by atoms with Crippen molar-refractivity contribution >= 4 is 28.2 Å². The average molecular weight is 352 g/mol. The van der Waals surface area contributed by atoms with Gasteiger partial charge in [-0.25, -0.2) is 4.98 Å². The van der Waals surface area contributed by atoms with Crippen LogP contribution in [-0.2, 0) is 0 Å². The number of methoxy groups -OCH3 is 1. The normalized spacial score (nSPS) is 10.3. The highest BCUT2D eigenvalue weighted by Gasteiger charge is 2.11. The summed E-state index contributed by atoms with van der Waals surface area (Å²) in [5.74, 6) is 0.457. The minimum Gasteiger partial charge on any atom is -0.497 e. The van der Waals surface area contributed by atoms with Gasteiger partial charge in [0.2, 0.25) is 0 Å². The number of ketones is 1. The van der Waals surface area contributed by atoms with Gasteiger partial charge < -0.3 is 4.74 Å². The molecule has 0 aliphatic rings. The van der Waals surface area contributed by atoms with E-state index in [0.717, 1.165) is 17.0 Å². The maximum absolute atomic E-state index is 12.3. The Kier molecular flexibility index (Phi) is 4.90. The monoisotopic (exact) mass is 352 g/mol. The Balaban J connectivity index is 1.74. The van der Waals surface area contributed by atoms with Gasteiger partial charge in [0.15, 0.2) is 10.9 Å². The highest BCUT2D eigenvalue weighted by molar-refractivity contribution is 7.14. The number of benzene rings is 2. The van der Waals surface area contributed by atoms with E-state index in [9.17, 15) is 9.59 Å². The van der Waals surface area contributed by atoms with Crippen LogP contribution in [0.3, 0.4) is 0 Å². The van der Waals surface area contributed by atoms with E-state index in [1.165, 1.54) is 18.3 Å². The van der Waals surface area contributed by atoms with Crippen molar-refractivity contribution < 1.29 is 14.3 Å². The van der Waals surface area contributed by atoms with Crippen LogP contribution in [0.1, 0.15) is 27.6 Å². The summed E-state index contributed by atoms with van der Waals surface area (Å²) in [7, 11) is 1.61. The lowest BCUT2D eigenvalue weighted by Gasteiger charge is -2.03. The summed E-state index contributed by atoms with van der Waals surface area (Å²) in [4.78, 5) is 28.0. The molecule has 6 heteroatoms. The van der Waals surface area contributed by atoms with Crippen molar-refractivity contribution in [3.63, 3.8) is 0 Å². The number of rotatable bonds is 5. The summed E-state index contributed by atoms with van der Waals surface area (Å²) in [6, 6.07) is 14.1. The fourth-order valence-electron chi connectivity index (χ4n) is 2.27. The van der Waals surface area contributed by atoms with E-state index in [4.69, 9.17) is 4.74 Å². The van der Waals surface area contributed by atoms with Crippen LogP contribution in [0.15, 0.2) is 53.9 Å². The number of carbonyl (C=O) groups excluding carboxylic acids is 2.